The first-order chi connectivity index (χ1) is 10.1. The highest BCUT2D eigenvalue weighted by Crippen LogP contribution is 2.25. The number of anilines is 1. The van der Waals surface area contributed by atoms with Crippen molar-refractivity contribution in [2.45, 2.75) is 6.54 Å². The van der Waals surface area contributed by atoms with Gasteiger partial charge in [0.2, 0.25) is 0 Å². The van der Waals surface area contributed by atoms with Gasteiger partial charge in [0.05, 0.1) is 25.0 Å². The molecule has 0 saturated carbocycles. The number of hydrogen-bond donors (Lipinski definition) is 1. The van der Waals surface area contributed by atoms with Crippen molar-refractivity contribution >= 4 is 11.7 Å². The summed E-state index contributed by atoms with van der Waals surface area (Å²) in [6.07, 6.45) is 1.67. The van der Waals surface area contributed by atoms with Crippen LogP contribution in [0, 0.1) is 5.82 Å². The standard InChI is InChI=1S/C15H16FN3O2/c1-19(10-12-5-3-4-8-17-12)15(20)18-13-7-6-11(16)9-14(13)21-2/h3-9H,10H2,1-2H3,(H,18,20). The van der Waals surface area contributed by atoms with E-state index in [0.29, 0.717) is 12.2 Å². The molecule has 0 atom stereocenters. The van der Waals surface area contributed by atoms with E-state index in [4.69, 9.17) is 4.74 Å². The third-order valence-corrected chi connectivity index (χ3v) is 2.88. The maximum absolute atomic E-state index is 13.1. The quantitative estimate of drug-likeness (QED) is 0.941. The van der Waals surface area contributed by atoms with E-state index in [1.165, 1.54) is 30.2 Å². The molecule has 1 aromatic heterocycles. The molecule has 1 heterocycles. The molecule has 0 radical (unpaired) electrons. The zero-order chi connectivity index (χ0) is 15.2. The molecular formula is C15H16FN3O2. The van der Waals surface area contributed by atoms with Crippen molar-refractivity contribution in [1.29, 1.82) is 0 Å². The number of methoxy groups -OCH3 is 1. The van der Waals surface area contributed by atoms with E-state index in [1.54, 1.807) is 13.2 Å². The number of urea groups is 1. The molecule has 5 nitrogen and oxygen atoms in total. The van der Waals surface area contributed by atoms with Crippen LogP contribution in [-0.2, 0) is 6.54 Å². The fourth-order valence-electron chi connectivity index (χ4n) is 1.79. The van der Waals surface area contributed by atoms with Gasteiger partial charge < -0.3 is 15.0 Å². The van der Waals surface area contributed by atoms with Crippen molar-refractivity contribution in [3.63, 3.8) is 0 Å². The van der Waals surface area contributed by atoms with Gasteiger partial charge in [-0.15, -0.1) is 0 Å². The van der Waals surface area contributed by atoms with Crippen molar-refractivity contribution in [2.24, 2.45) is 0 Å². The number of carbonyl (C=O) groups excluding carboxylic acids is 1. The van der Waals surface area contributed by atoms with Crippen LogP contribution in [0.5, 0.6) is 5.75 Å². The first kappa shape index (κ1) is 14.8. The van der Waals surface area contributed by atoms with E-state index in [0.717, 1.165) is 5.69 Å². The molecule has 0 aliphatic rings. The van der Waals surface area contributed by atoms with E-state index in [2.05, 4.69) is 10.3 Å². The zero-order valence-electron chi connectivity index (χ0n) is 11.8. The summed E-state index contributed by atoms with van der Waals surface area (Å²) >= 11 is 0. The Morgan fingerprint density at radius 1 is 1.38 bits per heavy atom. The highest BCUT2D eigenvalue weighted by atomic mass is 19.1. The largest absolute Gasteiger partial charge is 0.494 e. The number of carbonyl (C=O) groups is 1. The smallest absolute Gasteiger partial charge is 0.322 e. The van der Waals surface area contributed by atoms with Crippen molar-refractivity contribution in [2.75, 3.05) is 19.5 Å². The number of nitrogens with one attached hydrogen (secondary N) is 1. The number of amides is 2. The van der Waals surface area contributed by atoms with Gasteiger partial charge in [-0.1, -0.05) is 6.07 Å². The van der Waals surface area contributed by atoms with Crippen LogP contribution in [0.25, 0.3) is 0 Å². The van der Waals surface area contributed by atoms with Gasteiger partial charge >= 0.3 is 6.03 Å². The zero-order valence-corrected chi connectivity index (χ0v) is 11.8. The summed E-state index contributed by atoms with van der Waals surface area (Å²) in [6.45, 7) is 0.371. The number of hydrogen-bond acceptors (Lipinski definition) is 3. The van der Waals surface area contributed by atoms with Crippen molar-refractivity contribution in [3.05, 3.63) is 54.1 Å². The van der Waals surface area contributed by atoms with Crippen LogP contribution in [0.3, 0.4) is 0 Å². The average molecular weight is 289 g/mol. The Labute approximate surface area is 122 Å². The molecule has 0 saturated heterocycles. The molecule has 21 heavy (non-hydrogen) atoms. The van der Waals surface area contributed by atoms with Gasteiger partial charge in [0, 0.05) is 19.3 Å². The summed E-state index contributed by atoms with van der Waals surface area (Å²) in [4.78, 5) is 17.7. The lowest BCUT2D eigenvalue weighted by Gasteiger charge is -2.18. The van der Waals surface area contributed by atoms with Crippen LogP contribution >= 0.6 is 0 Å². The Bertz CT molecular complexity index is 620. The summed E-state index contributed by atoms with van der Waals surface area (Å²) < 4.78 is 18.1. The highest BCUT2D eigenvalue weighted by Gasteiger charge is 2.13. The molecule has 1 N–H and O–H groups in total. The van der Waals surface area contributed by atoms with Gasteiger partial charge in [0.25, 0.3) is 0 Å². The lowest BCUT2D eigenvalue weighted by molar-refractivity contribution is 0.220. The number of halogens is 1. The minimum Gasteiger partial charge on any atom is -0.494 e. The van der Waals surface area contributed by atoms with E-state index in [-0.39, 0.29) is 11.8 Å². The third kappa shape index (κ3) is 3.92. The van der Waals surface area contributed by atoms with Gasteiger partial charge in [0.1, 0.15) is 11.6 Å². The number of pyridine rings is 1. The van der Waals surface area contributed by atoms with E-state index in [1.807, 2.05) is 18.2 Å². The molecule has 0 bridgehead atoms. The molecule has 1 aromatic carbocycles. The maximum Gasteiger partial charge on any atom is 0.322 e. The minimum atomic E-state index is -0.424. The Balaban J connectivity index is 2.04. The van der Waals surface area contributed by atoms with E-state index < -0.39 is 5.82 Å². The SMILES string of the molecule is COc1cc(F)ccc1NC(=O)N(C)Cc1ccccn1. The van der Waals surface area contributed by atoms with Crippen LogP contribution in [0.2, 0.25) is 0 Å². The lowest BCUT2D eigenvalue weighted by atomic mass is 10.3. The van der Waals surface area contributed by atoms with Gasteiger partial charge in [-0.05, 0) is 24.3 Å². The molecule has 6 heteroatoms. The van der Waals surface area contributed by atoms with Gasteiger partial charge in [-0.3, -0.25) is 4.98 Å². The number of nitrogens with zero attached hydrogens (tertiary/aromatic N) is 2. The third-order valence-electron chi connectivity index (χ3n) is 2.88. The molecule has 0 aliphatic carbocycles. The number of rotatable bonds is 4. The maximum atomic E-state index is 13.1. The first-order valence-corrected chi connectivity index (χ1v) is 6.35. The van der Waals surface area contributed by atoms with Crippen LogP contribution in [0.4, 0.5) is 14.9 Å². The molecule has 0 spiro atoms. The Hall–Kier alpha value is -2.63. The fraction of sp³-hybridized carbons (Fsp3) is 0.200. The normalized spacial score (nSPS) is 10.0. The van der Waals surface area contributed by atoms with E-state index in [9.17, 15) is 9.18 Å². The van der Waals surface area contributed by atoms with Crippen molar-refractivity contribution in [1.82, 2.24) is 9.88 Å². The summed E-state index contributed by atoms with van der Waals surface area (Å²) in [7, 11) is 3.07. The average Bonchev–Trinajstić information content (AvgIpc) is 2.49. The Morgan fingerprint density at radius 3 is 2.86 bits per heavy atom. The lowest BCUT2D eigenvalue weighted by Crippen LogP contribution is -2.31. The molecule has 0 unspecified atom stereocenters. The van der Waals surface area contributed by atoms with Crippen LogP contribution in [0.15, 0.2) is 42.6 Å². The van der Waals surface area contributed by atoms with Crippen molar-refractivity contribution < 1.29 is 13.9 Å². The van der Waals surface area contributed by atoms with Gasteiger partial charge in [0.15, 0.2) is 0 Å². The second-order valence-electron chi connectivity index (χ2n) is 4.45. The van der Waals surface area contributed by atoms with Crippen LogP contribution < -0.4 is 10.1 Å². The number of benzene rings is 1. The summed E-state index contributed by atoms with van der Waals surface area (Å²) in [6, 6.07) is 9.11. The Kier molecular flexibility index (Phi) is 4.71. The molecular weight excluding hydrogens is 273 g/mol. The fourth-order valence-corrected chi connectivity index (χ4v) is 1.79. The van der Waals surface area contributed by atoms with Gasteiger partial charge in [-0.2, -0.15) is 0 Å². The molecule has 0 fully saturated rings. The number of ether oxygens (including phenoxy) is 1. The molecule has 110 valence electrons. The first-order valence-electron chi connectivity index (χ1n) is 6.35. The monoisotopic (exact) mass is 289 g/mol. The van der Waals surface area contributed by atoms with Gasteiger partial charge in [-0.25, -0.2) is 9.18 Å². The molecule has 0 aliphatic heterocycles. The summed E-state index contributed by atoms with van der Waals surface area (Å²) in [5.41, 5.74) is 1.19. The molecule has 2 amide bonds. The predicted octanol–water partition coefficient (Wildman–Crippen LogP) is 2.89. The van der Waals surface area contributed by atoms with Crippen LogP contribution in [0.1, 0.15) is 5.69 Å². The second kappa shape index (κ2) is 6.69. The number of aromatic nitrogens is 1. The van der Waals surface area contributed by atoms with Crippen LogP contribution in [-0.4, -0.2) is 30.1 Å². The Morgan fingerprint density at radius 2 is 2.19 bits per heavy atom. The predicted molar refractivity (Wildman–Crippen MR) is 77.7 cm³/mol. The molecule has 2 rings (SSSR count). The second-order valence-corrected chi connectivity index (χ2v) is 4.45. The summed E-state index contributed by atoms with van der Waals surface area (Å²) in [5.74, 6) is -0.152. The summed E-state index contributed by atoms with van der Waals surface area (Å²) in [5, 5.41) is 2.68. The topological polar surface area (TPSA) is 54.5 Å². The van der Waals surface area contributed by atoms with Crippen molar-refractivity contribution in [3.8, 4) is 5.75 Å². The minimum absolute atomic E-state index is 0.273. The molecule has 2 aromatic rings. The highest BCUT2D eigenvalue weighted by molar-refractivity contribution is 5.90. The van der Waals surface area contributed by atoms with E-state index >= 15 is 0 Å².